The number of rotatable bonds is 5. The number of aliphatic hydroxyl groups excluding tert-OH is 3. The molecule has 6 heteroatoms. The van der Waals surface area contributed by atoms with Gasteiger partial charge < -0.3 is 25.4 Å². The standard InChI is InChI=1S/C6H13NO5/c8-2-1-7-6(11)12-4-5(10)3-9/h5,8-10H,1-4H2,(H,7,11). The van der Waals surface area contributed by atoms with E-state index in [1.807, 2.05) is 0 Å². The van der Waals surface area contributed by atoms with Crippen LogP contribution in [-0.2, 0) is 4.74 Å². The summed E-state index contributed by atoms with van der Waals surface area (Å²) in [7, 11) is 0. The molecule has 0 rings (SSSR count). The molecule has 0 aromatic heterocycles. The molecule has 72 valence electrons. The smallest absolute Gasteiger partial charge is 0.407 e. The minimum atomic E-state index is -1.05. The van der Waals surface area contributed by atoms with Crippen molar-refractivity contribution in [2.24, 2.45) is 0 Å². The summed E-state index contributed by atoms with van der Waals surface area (Å²) in [6, 6.07) is 0. The quantitative estimate of drug-likeness (QED) is 0.393. The van der Waals surface area contributed by atoms with Crippen LogP contribution in [0.1, 0.15) is 0 Å². The van der Waals surface area contributed by atoms with Crippen molar-refractivity contribution in [1.82, 2.24) is 5.32 Å². The lowest BCUT2D eigenvalue weighted by Crippen LogP contribution is -2.30. The van der Waals surface area contributed by atoms with Crippen LogP contribution in [0.2, 0.25) is 0 Å². The molecule has 6 nitrogen and oxygen atoms in total. The number of aliphatic hydroxyl groups is 3. The van der Waals surface area contributed by atoms with E-state index in [-0.39, 0.29) is 19.8 Å². The van der Waals surface area contributed by atoms with Crippen LogP contribution in [0, 0.1) is 0 Å². The first kappa shape index (κ1) is 11.2. The highest BCUT2D eigenvalue weighted by Crippen LogP contribution is 1.84. The van der Waals surface area contributed by atoms with E-state index in [4.69, 9.17) is 15.3 Å². The van der Waals surface area contributed by atoms with Crippen LogP contribution in [0.4, 0.5) is 4.79 Å². The third kappa shape index (κ3) is 5.90. The number of carbonyl (C=O) groups excluding carboxylic acids is 1. The number of hydrogen-bond donors (Lipinski definition) is 4. The van der Waals surface area contributed by atoms with E-state index in [0.29, 0.717) is 0 Å². The molecule has 0 aromatic rings. The molecule has 0 aliphatic rings. The van der Waals surface area contributed by atoms with Gasteiger partial charge in [-0.1, -0.05) is 0 Å². The molecule has 1 atom stereocenters. The molecule has 0 fully saturated rings. The van der Waals surface area contributed by atoms with E-state index in [2.05, 4.69) is 10.1 Å². The van der Waals surface area contributed by atoms with Gasteiger partial charge in [0.05, 0.1) is 13.2 Å². The largest absolute Gasteiger partial charge is 0.447 e. The van der Waals surface area contributed by atoms with E-state index in [0.717, 1.165) is 0 Å². The molecule has 0 radical (unpaired) electrons. The summed E-state index contributed by atoms with van der Waals surface area (Å²) in [6.07, 6.45) is -1.78. The summed E-state index contributed by atoms with van der Waals surface area (Å²) in [5.74, 6) is 0. The Balaban J connectivity index is 3.31. The highest BCUT2D eigenvalue weighted by molar-refractivity contribution is 5.67. The van der Waals surface area contributed by atoms with Crippen LogP contribution >= 0.6 is 0 Å². The summed E-state index contributed by atoms with van der Waals surface area (Å²) in [5.41, 5.74) is 0. The molecule has 1 amide bonds. The van der Waals surface area contributed by atoms with E-state index in [1.165, 1.54) is 0 Å². The molecule has 12 heavy (non-hydrogen) atoms. The Kier molecular flexibility index (Phi) is 6.35. The number of alkyl carbamates (subject to hydrolysis) is 1. The van der Waals surface area contributed by atoms with Crippen LogP contribution in [-0.4, -0.2) is 53.9 Å². The maximum Gasteiger partial charge on any atom is 0.407 e. The second-order valence-electron chi connectivity index (χ2n) is 2.09. The van der Waals surface area contributed by atoms with Crippen LogP contribution < -0.4 is 5.32 Å². The van der Waals surface area contributed by atoms with Gasteiger partial charge in [-0.25, -0.2) is 4.79 Å². The lowest BCUT2D eigenvalue weighted by Gasteiger charge is -2.08. The average molecular weight is 179 g/mol. The van der Waals surface area contributed by atoms with Gasteiger partial charge in [0.25, 0.3) is 0 Å². The highest BCUT2D eigenvalue weighted by atomic mass is 16.6. The van der Waals surface area contributed by atoms with Crippen molar-refractivity contribution < 1.29 is 24.9 Å². The molecule has 0 aliphatic heterocycles. The average Bonchev–Trinajstić information content (AvgIpc) is 2.10. The van der Waals surface area contributed by atoms with E-state index >= 15 is 0 Å². The summed E-state index contributed by atoms with van der Waals surface area (Å²) >= 11 is 0. The zero-order valence-electron chi connectivity index (χ0n) is 6.56. The Morgan fingerprint density at radius 3 is 2.67 bits per heavy atom. The van der Waals surface area contributed by atoms with Gasteiger partial charge in [-0.05, 0) is 0 Å². The Morgan fingerprint density at radius 1 is 1.50 bits per heavy atom. The lowest BCUT2D eigenvalue weighted by atomic mass is 10.4. The maximum atomic E-state index is 10.6. The predicted octanol–water partition coefficient (Wildman–Crippen LogP) is -1.94. The first-order chi connectivity index (χ1) is 5.70. The molecule has 0 saturated heterocycles. The van der Waals surface area contributed by atoms with E-state index < -0.39 is 18.8 Å². The van der Waals surface area contributed by atoms with Gasteiger partial charge in [0.15, 0.2) is 0 Å². The number of hydrogen-bond acceptors (Lipinski definition) is 5. The second kappa shape index (κ2) is 6.84. The zero-order valence-corrected chi connectivity index (χ0v) is 6.56. The fourth-order valence-corrected chi connectivity index (χ4v) is 0.434. The Bertz CT molecular complexity index is 129. The third-order valence-electron chi connectivity index (χ3n) is 0.999. The SMILES string of the molecule is O=C(NCCO)OCC(O)CO. The molecule has 0 spiro atoms. The summed E-state index contributed by atoms with van der Waals surface area (Å²) in [4.78, 5) is 10.6. The number of amides is 1. The van der Waals surface area contributed by atoms with E-state index in [9.17, 15) is 4.79 Å². The zero-order chi connectivity index (χ0) is 9.40. The molecular weight excluding hydrogens is 166 g/mol. The van der Waals surface area contributed by atoms with E-state index in [1.54, 1.807) is 0 Å². The Labute approximate surface area is 69.8 Å². The molecule has 0 aromatic carbocycles. The molecule has 0 saturated carbocycles. The van der Waals surface area contributed by atoms with Gasteiger partial charge in [0.1, 0.15) is 12.7 Å². The number of carbonyl (C=O) groups is 1. The highest BCUT2D eigenvalue weighted by Gasteiger charge is 2.05. The first-order valence-corrected chi connectivity index (χ1v) is 3.51. The van der Waals surface area contributed by atoms with Crippen LogP contribution in [0.25, 0.3) is 0 Å². The maximum absolute atomic E-state index is 10.6. The molecule has 4 N–H and O–H groups in total. The van der Waals surface area contributed by atoms with Crippen molar-refractivity contribution in [3.8, 4) is 0 Å². The van der Waals surface area contributed by atoms with Crippen LogP contribution in [0.5, 0.6) is 0 Å². The summed E-state index contributed by atoms with van der Waals surface area (Å²) in [6.45, 7) is -0.771. The van der Waals surface area contributed by atoms with Gasteiger partial charge in [0, 0.05) is 6.54 Å². The Morgan fingerprint density at radius 2 is 2.17 bits per heavy atom. The fourth-order valence-electron chi connectivity index (χ4n) is 0.434. The van der Waals surface area contributed by atoms with Gasteiger partial charge >= 0.3 is 6.09 Å². The monoisotopic (exact) mass is 179 g/mol. The molecular formula is C6H13NO5. The van der Waals surface area contributed by atoms with Gasteiger partial charge in [-0.3, -0.25) is 0 Å². The first-order valence-electron chi connectivity index (χ1n) is 3.51. The van der Waals surface area contributed by atoms with Crippen molar-refractivity contribution in [2.75, 3.05) is 26.4 Å². The van der Waals surface area contributed by atoms with Gasteiger partial charge in [-0.2, -0.15) is 0 Å². The predicted molar refractivity (Wildman–Crippen MR) is 39.5 cm³/mol. The van der Waals surface area contributed by atoms with Crippen molar-refractivity contribution in [3.05, 3.63) is 0 Å². The number of nitrogens with one attached hydrogen (secondary N) is 1. The van der Waals surface area contributed by atoms with Crippen LogP contribution in [0.3, 0.4) is 0 Å². The topological polar surface area (TPSA) is 99.0 Å². The minimum Gasteiger partial charge on any atom is -0.447 e. The second-order valence-corrected chi connectivity index (χ2v) is 2.09. The summed E-state index contributed by atoms with van der Waals surface area (Å²) in [5, 5.41) is 27.5. The molecule has 0 aliphatic carbocycles. The lowest BCUT2D eigenvalue weighted by molar-refractivity contribution is 0.0319. The number of ether oxygens (including phenoxy) is 1. The van der Waals surface area contributed by atoms with Gasteiger partial charge in [0.2, 0.25) is 0 Å². The molecule has 0 bridgehead atoms. The normalized spacial score (nSPS) is 12.2. The minimum absolute atomic E-state index is 0.105. The molecule has 0 heterocycles. The van der Waals surface area contributed by atoms with Crippen LogP contribution in [0.15, 0.2) is 0 Å². The summed E-state index contributed by atoms with van der Waals surface area (Å²) < 4.78 is 4.43. The van der Waals surface area contributed by atoms with Crippen molar-refractivity contribution in [3.63, 3.8) is 0 Å². The third-order valence-corrected chi connectivity index (χ3v) is 0.999. The Hall–Kier alpha value is -0.850. The van der Waals surface area contributed by atoms with Crippen molar-refractivity contribution in [2.45, 2.75) is 6.10 Å². The molecule has 1 unspecified atom stereocenters. The van der Waals surface area contributed by atoms with Gasteiger partial charge in [-0.15, -0.1) is 0 Å². The fraction of sp³-hybridized carbons (Fsp3) is 0.833. The van der Waals surface area contributed by atoms with Crippen molar-refractivity contribution >= 4 is 6.09 Å². The van der Waals surface area contributed by atoms with Crippen molar-refractivity contribution in [1.29, 1.82) is 0 Å².